The van der Waals surface area contributed by atoms with E-state index in [1.165, 1.54) is 11.8 Å². The summed E-state index contributed by atoms with van der Waals surface area (Å²) in [6.07, 6.45) is 0. The topological polar surface area (TPSA) is 81.2 Å². The van der Waals surface area contributed by atoms with Crippen molar-refractivity contribution in [2.45, 2.75) is 0 Å². The molecule has 106 valence electrons. The lowest BCUT2D eigenvalue weighted by Crippen LogP contribution is -2.52. The summed E-state index contributed by atoms with van der Waals surface area (Å²) in [6, 6.07) is 0. The van der Waals surface area contributed by atoms with E-state index >= 15 is 0 Å². The second-order valence-electron chi connectivity index (χ2n) is 4.62. The van der Waals surface area contributed by atoms with Crippen LogP contribution in [-0.4, -0.2) is 88.5 Å². The molecular formula is C11H17N3O4S. The predicted molar refractivity (Wildman–Crippen MR) is 69.7 cm³/mol. The molecule has 8 heteroatoms. The number of nitrogens with zero attached hydrogens (tertiary/aromatic N) is 3. The Balaban J connectivity index is 1.76. The van der Waals surface area contributed by atoms with E-state index in [0.29, 0.717) is 37.8 Å². The van der Waals surface area contributed by atoms with Gasteiger partial charge < -0.3 is 14.9 Å². The quantitative estimate of drug-likeness (QED) is 0.696. The zero-order valence-corrected chi connectivity index (χ0v) is 11.4. The van der Waals surface area contributed by atoms with E-state index in [1.807, 2.05) is 4.90 Å². The zero-order valence-electron chi connectivity index (χ0n) is 10.6. The molecule has 0 aromatic carbocycles. The molecule has 0 aromatic rings. The van der Waals surface area contributed by atoms with Crippen molar-refractivity contribution < 1.29 is 19.5 Å². The van der Waals surface area contributed by atoms with Crippen LogP contribution in [0.3, 0.4) is 0 Å². The maximum Gasteiger partial charge on any atom is 0.317 e. The van der Waals surface area contributed by atoms with Gasteiger partial charge in [-0.1, -0.05) is 0 Å². The van der Waals surface area contributed by atoms with Crippen LogP contribution in [0.25, 0.3) is 0 Å². The third-order valence-corrected chi connectivity index (χ3v) is 4.18. The highest BCUT2D eigenvalue weighted by Gasteiger charge is 2.27. The van der Waals surface area contributed by atoms with E-state index in [0.717, 1.165) is 0 Å². The first kappa shape index (κ1) is 14.1. The molecule has 7 nitrogen and oxygen atoms in total. The number of aliphatic carboxylic acids is 1. The van der Waals surface area contributed by atoms with Crippen LogP contribution < -0.4 is 0 Å². The molecule has 0 bridgehead atoms. The lowest BCUT2D eigenvalue weighted by molar-refractivity contribution is -0.141. The fourth-order valence-corrected chi connectivity index (χ4v) is 3.05. The van der Waals surface area contributed by atoms with Crippen LogP contribution in [0.2, 0.25) is 0 Å². The Morgan fingerprint density at radius 2 is 1.84 bits per heavy atom. The molecule has 0 aliphatic carbocycles. The van der Waals surface area contributed by atoms with Crippen LogP contribution in [0.4, 0.5) is 0 Å². The summed E-state index contributed by atoms with van der Waals surface area (Å²) < 4.78 is 0. The van der Waals surface area contributed by atoms with E-state index in [2.05, 4.69) is 0 Å². The minimum Gasteiger partial charge on any atom is -0.480 e. The number of rotatable bonds is 4. The van der Waals surface area contributed by atoms with Crippen LogP contribution in [0, 0.1) is 0 Å². The largest absolute Gasteiger partial charge is 0.480 e. The van der Waals surface area contributed by atoms with Crippen LogP contribution in [0.1, 0.15) is 0 Å². The van der Waals surface area contributed by atoms with Crippen molar-refractivity contribution in [3.8, 4) is 0 Å². The molecular weight excluding hydrogens is 270 g/mol. The zero-order chi connectivity index (χ0) is 13.8. The van der Waals surface area contributed by atoms with Gasteiger partial charge in [0.25, 0.3) is 0 Å². The molecule has 2 heterocycles. The van der Waals surface area contributed by atoms with Crippen LogP contribution in [-0.2, 0) is 14.4 Å². The highest BCUT2D eigenvalue weighted by molar-refractivity contribution is 8.00. The molecule has 0 spiro atoms. The highest BCUT2D eigenvalue weighted by atomic mass is 32.2. The molecule has 2 saturated heterocycles. The number of carboxylic acids is 1. The molecule has 2 amide bonds. The van der Waals surface area contributed by atoms with Crippen molar-refractivity contribution >= 4 is 29.5 Å². The van der Waals surface area contributed by atoms with Crippen molar-refractivity contribution in [2.24, 2.45) is 0 Å². The normalized spacial score (nSPS) is 20.9. The number of amides is 2. The Kier molecular flexibility index (Phi) is 4.65. The summed E-state index contributed by atoms with van der Waals surface area (Å²) in [5.41, 5.74) is 0. The number of hydrogen-bond donors (Lipinski definition) is 1. The second kappa shape index (κ2) is 6.25. The summed E-state index contributed by atoms with van der Waals surface area (Å²) in [5.74, 6) is 0.164. The Morgan fingerprint density at radius 1 is 1.16 bits per heavy atom. The summed E-state index contributed by atoms with van der Waals surface area (Å²) in [7, 11) is 0. The average Bonchev–Trinajstić information content (AvgIpc) is 2.75. The molecule has 0 saturated carbocycles. The molecule has 0 atom stereocenters. The lowest BCUT2D eigenvalue weighted by atomic mass is 10.3. The molecule has 19 heavy (non-hydrogen) atoms. The van der Waals surface area contributed by atoms with Crippen LogP contribution in [0.5, 0.6) is 0 Å². The Morgan fingerprint density at radius 3 is 2.37 bits per heavy atom. The minimum atomic E-state index is -0.848. The number of hydrogen-bond acceptors (Lipinski definition) is 5. The fourth-order valence-electron chi connectivity index (χ4n) is 2.15. The van der Waals surface area contributed by atoms with Crippen molar-refractivity contribution in [1.82, 2.24) is 14.7 Å². The van der Waals surface area contributed by atoms with E-state index in [4.69, 9.17) is 5.11 Å². The molecule has 0 unspecified atom stereocenters. The molecule has 0 radical (unpaired) electrons. The molecule has 2 fully saturated rings. The van der Waals surface area contributed by atoms with Crippen molar-refractivity contribution in [1.29, 1.82) is 0 Å². The Bertz CT molecular complexity index is 382. The molecule has 2 aliphatic rings. The third kappa shape index (κ3) is 3.84. The number of carbonyl (C=O) groups excluding carboxylic acids is 2. The van der Waals surface area contributed by atoms with Gasteiger partial charge in [-0.25, -0.2) is 0 Å². The first-order valence-electron chi connectivity index (χ1n) is 6.13. The Hall–Kier alpha value is -1.28. The van der Waals surface area contributed by atoms with E-state index in [-0.39, 0.29) is 24.9 Å². The summed E-state index contributed by atoms with van der Waals surface area (Å²) in [4.78, 5) is 39.1. The minimum absolute atomic E-state index is 0.0165. The van der Waals surface area contributed by atoms with Gasteiger partial charge in [0, 0.05) is 26.2 Å². The van der Waals surface area contributed by atoms with Gasteiger partial charge in [-0.05, 0) is 0 Å². The van der Waals surface area contributed by atoms with Gasteiger partial charge in [-0.2, -0.15) is 0 Å². The van der Waals surface area contributed by atoms with Gasteiger partial charge in [0.2, 0.25) is 11.8 Å². The van der Waals surface area contributed by atoms with Gasteiger partial charge >= 0.3 is 5.97 Å². The Labute approximate surface area is 115 Å². The van der Waals surface area contributed by atoms with E-state index < -0.39 is 5.97 Å². The van der Waals surface area contributed by atoms with Gasteiger partial charge in [-0.15, -0.1) is 11.8 Å². The molecule has 0 aromatic heterocycles. The summed E-state index contributed by atoms with van der Waals surface area (Å²) >= 11 is 1.52. The number of carbonyl (C=O) groups is 3. The smallest absolute Gasteiger partial charge is 0.317 e. The van der Waals surface area contributed by atoms with Gasteiger partial charge in [0.15, 0.2) is 0 Å². The maximum atomic E-state index is 12.0. The lowest BCUT2D eigenvalue weighted by Gasteiger charge is -2.34. The monoisotopic (exact) mass is 287 g/mol. The predicted octanol–water partition coefficient (Wildman–Crippen LogP) is -1.25. The fraction of sp³-hybridized carbons (Fsp3) is 0.727. The third-order valence-electron chi connectivity index (χ3n) is 3.24. The van der Waals surface area contributed by atoms with Crippen LogP contribution in [0.15, 0.2) is 0 Å². The highest BCUT2D eigenvalue weighted by Crippen LogP contribution is 2.15. The summed E-state index contributed by atoms with van der Waals surface area (Å²) in [5, 5.41) is 8.69. The first-order valence-corrected chi connectivity index (χ1v) is 7.29. The first-order chi connectivity index (χ1) is 9.06. The van der Waals surface area contributed by atoms with Gasteiger partial charge in [-0.3, -0.25) is 19.3 Å². The van der Waals surface area contributed by atoms with Crippen molar-refractivity contribution in [2.75, 3.05) is 50.9 Å². The van der Waals surface area contributed by atoms with E-state index in [1.54, 1.807) is 9.80 Å². The van der Waals surface area contributed by atoms with Gasteiger partial charge in [0.05, 0.1) is 18.2 Å². The number of carboxylic acid groups (broad SMARTS) is 1. The molecule has 2 rings (SSSR count). The van der Waals surface area contributed by atoms with Gasteiger partial charge in [0.1, 0.15) is 6.54 Å². The maximum absolute atomic E-state index is 12.0. The van der Waals surface area contributed by atoms with Crippen molar-refractivity contribution in [3.63, 3.8) is 0 Å². The molecule has 1 N–H and O–H groups in total. The standard InChI is InChI=1S/C11H17N3O4S/c15-9(5-14-8-19-7-10(14)16)13-3-1-12(2-4-13)6-11(17)18/h1-8H2,(H,17,18). The second-order valence-corrected chi connectivity index (χ2v) is 5.58. The SMILES string of the molecule is O=C(O)CN1CCN(C(=O)CN2CSCC2=O)CC1. The number of thioether (sulfide) groups is 1. The van der Waals surface area contributed by atoms with Crippen molar-refractivity contribution in [3.05, 3.63) is 0 Å². The average molecular weight is 287 g/mol. The van der Waals surface area contributed by atoms with E-state index in [9.17, 15) is 14.4 Å². The number of piperazine rings is 1. The van der Waals surface area contributed by atoms with Crippen LogP contribution >= 0.6 is 11.8 Å². The summed E-state index contributed by atoms with van der Waals surface area (Å²) in [6.45, 7) is 2.36. The molecule has 2 aliphatic heterocycles.